The van der Waals surface area contributed by atoms with Crippen molar-refractivity contribution in [2.75, 3.05) is 37.0 Å². The summed E-state index contributed by atoms with van der Waals surface area (Å²) in [6.45, 7) is 1.44. The minimum Gasteiger partial charge on any atom is -0.389 e. The molecule has 2 aromatic rings. The highest BCUT2D eigenvalue weighted by Crippen LogP contribution is 2.29. The summed E-state index contributed by atoms with van der Waals surface area (Å²) in [5.41, 5.74) is 0.0460. The third-order valence-electron chi connectivity index (χ3n) is 4.47. The fraction of sp³-hybridized carbons (Fsp3) is 0.444. The molecule has 0 spiro atoms. The van der Waals surface area contributed by atoms with Crippen molar-refractivity contribution in [3.63, 3.8) is 0 Å². The van der Waals surface area contributed by atoms with Crippen LogP contribution >= 0.6 is 0 Å². The lowest BCUT2D eigenvalue weighted by molar-refractivity contribution is 0.0164. The van der Waals surface area contributed by atoms with Crippen molar-refractivity contribution < 1.29 is 9.50 Å². The summed E-state index contributed by atoms with van der Waals surface area (Å²) in [7, 11) is 3.82. The van der Waals surface area contributed by atoms with Crippen LogP contribution in [0.4, 0.5) is 16.2 Å². The number of hydrogen-bond acceptors (Lipinski definition) is 5. The average molecular weight is 330 g/mol. The molecule has 1 N–H and O–H groups in total. The maximum atomic E-state index is 13.3. The second-order valence-corrected chi connectivity index (χ2v) is 6.63. The normalized spacial score (nSPS) is 16.9. The Morgan fingerprint density at radius 3 is 2.67 bits per heavy atom. The van der Waals surface area contributed by atoms with Crippen LogP contribution in [-0.2, 0) is 6.42 Å². The van der Waals surface area contributed by atoms with Crippen LogP contribution in [0.25, 0.3) is 0 Å². The summed E-state index contributed by atoms with van der Waals surface area (Å²) < 4.78 is 13.3. The maximum absolute atomic E-state index is 13.3. The Morgan fingerprint density at radius 2 is 2.00 bits per heavy atom. The molecule has 0 radical (unpaired) electrons. The zero-order valence-electron chi connectivity index (χ0n) is 14.1. The summed E-state index contributed by atoms with van der Waals surface area (Å²) >= 11 is 0. The highest BCUT2D eigenvalue weighted by molar-refractivity contribution is 5.43. The van der Waals surface area contributed by atoms with E-state index >= 15 is 0 Å². The highest BCUT2D eigenvalue weighted by Gasteiger charge is 2.33. The van der Waals surface area contributed by atoms with Gasteiger partial charge in [-0.25, -0.2) is 9.37 Å². The van der Waals surface area contributed by atoms with Gasteiger partial charge in [0, 0.05) is 39.8 Å². The van der Waals surface area contributed by atoms with E-state index in [2.05, 4.69) is 14.9 Å². The number of benzene rings is 1. The molecule has 1 aromatic heterocycles. The Hall–Kier alpha value is -2.21. The third-order valence-corrected chi connectivity index (χ3v) is 4.47. The van der Waals surface area contributed by atoms with Gasteiger partial charge in [-0.05, 0) is 36.6 Å². The van der Waals surface area contributed by atoms with Crippen LogP contribution in [-0.4, -0.2) is 47.9 Å². The van der Waals surface area contributed by atoms with E-state index in [0.717, 1.165) is 24.5 Å². The van der Waals surface area contributed by atoms with Gasteiger partial charge in [0.1, 0.15) is 11.6 Å². The quantitative estimate of drug-likeness (QED) is 0.932. The van der Waals surface area contributed by atoms with Gasteiger partial charge in [0.2, 0.25) is 5.95 Å². The lowest BCUT2D eigenvalue weighted by Crippen LogP contribution is -2.46. The number of piperidine rings is 1. The first-order chi connectivity index (χ1) is 11.5. The third kappa shape index (κ3) is 3.82. The van der Waals surface area contributed by atoms with Crippen molar-refractivity contribution in [2.45, 2.75) is 24.9 Å². The monoisotopic (exact) mass is 330 g/mol. The van der Waals surface area contributed by atoms with Gasteiger partial charge in [-0.2, -0.15) is 4.98 Å². The van der Waals surface area contributed by atoms with Crippen molar-refractivity contribution >= 4 is 11.8 Å². The Kier molecular flexibility index (Phi) is 4.66. The Morgan fingerprint density at radius 1 is 1.25 bits per heavy atom. The first-order valence-corrected chi connectivity index (χ1v) is 8.17. The van der Waals surface area contributed by atoms with Crippen LogP contribution in [0, 0.1) is 5.82 Å². The molecule has 5 nitrogen and oxygen atoms in total. The fourth-order valence-electron chi connectivity index (χ4n) is 3.09. The summed E-state index contributed by atoms with van der Waals surface area (Å²) in [5.74, 6) is 1.29. The SMILES string of the molecule is CN(C)c1nccc(N2CCC(O)(Cc3cccc(F)c3)CC2)n1. The molecule has 0 unspecified atom stereocenters. The molecule has 0 saturated carbocycles. The number of aromatic nitrogens is 2. The van der Waals surface area contributed by atoms with Crippen molar-refractivity contribution in [1.82, 2.24) is 9.97 Å². The van der Waals surface area contributed by atoms with E-state index < -0.39 is 5.60 Å². The largest absolute Gasteiger partial charge is 0.389 e. The summed E-state index contributed by atoms with van der Waals surface area (Å²) in [5, 5.41) is 10.8. The van der Waals surface area contributed by atoms with Gasteiger partial charge in [-0.3, -0.25) is 0 Å². The Labute approximate surface area is 141 Å². The topological polar surface area (TPSA) is 52.5 Å². The number of rotatable bonds is 4. The molecule has 1 aliphatic heterocycles. The van der Waals surface area contributed by atoms with Gasteiger partial charge < -0.3 is 14.9 Å². The second kappa shape index (κ2) is 6.73. The molecule has 0 aliphatic carbocycles. The van der Waals surface area contributed by atoms with Crippen molar-refractivity contribution in [3.8, 4) is 0 Å². The molecule has 2 heterocycles. The lowest BCUT2D eigenvalue weighted by atomic mass is 9.85. The summed E-state index contributed by atoms with van der Waals surface area (Å²) in [4.78, 5) is 12.8. The van der Waals surface area contributed by atoms with E-state index in [9.17, 15) is 9.50 Å². The number of anilines is 2. The van der Waals surface area contributed by atoms with Crippen LogP contribution in [0.2, 0.25) is 0 Å². The first kappa shape index (κ1) is 16.6. The number of hydrogen-bond donors (Lipinski definition) is 1. The molecule has 3 rings (SSSR count). The fourth-order valence-corrected chi connectivity index (χ4v) is 3.09. The molecule has 1 aliphatic rings. The van der Waals surface area contributed by atoms with Crippen molar-refractivity contribution in [1.29, 1.82) is 0 Å². The number of halogens is 1. The smallest absolute Gasteiger partial charge is 0.226 e. The molecular weight excluding hydrogens is 307 g/mol. The van der Waals surface area contributed by atoms with Gasteiger partial charge in [-0.15, -0.1) is 0 Å². The van der Waals surface area contributed by atoms with Crippen LogP contribution in [0.1, 0.15) is 18.4 Å². The molecule has 24 heavy (non-hydrogen) atoms. The molecule has 128 valence electrons. The molecule has 0 atom stereocenters. The molecule has 0 amide bonds. The predicted octanol–water partition coefficient (Wildman–Crippen LogP) is 2.26. The maximum Gasteiger partial charge on any atom is 0.226 e. The minimum atomic E-state index is -0.790. The van der Waals surface area contributed by atoms with E-state index in [1.165, 1.54) is 12.1 Å². The molecule has 1 saturated heterocycles. The zero-order valence-corrected chi connectivity index (χ0v) is 14.1. The molecular formula is C18H23FN4O. The standard InChI is InChI=1S/C18H23FN4O/c1-22(2)17-20-9-6-16(21-17)23-10-7-18(24,8-11-23)13-14-4-3-5-15(19)12-14/h3-6,9,12,24H,7-8,10-11,13H2,1-2H3. The molecule has 6 heteroatoms. The van der Waals surface area contributed by atoms with Gasteiger partial charge in [0.05, 0.1) is 5.60 Å². The van der Waals surface area contributed by atoms with E-state index in [4.69, 9.17) is 0 Å². The highest BCUT2D eigenvalue weighted by atomic mass is 19.1. The van der Waals surface area contributed by atoms with E-state index in [1.807, 2.05) is 31.1 Å². The van der Waals surface area contributed by atoms with Crippen LogP contribution < -0.4 is 9.80 Å². The van der Waals surface area contributed by atoms with Crippen molar-refractivity contribution in [2.24, 2.45) is 0 Å². The summed E-state index contributed by atoms with van der Waals surface area (Å²) in [6, 6.07) is 8.36. The molecule has 0 bridgehead atoms. The van der Waals surface area contributed by atoms with Crippen molar-refractivity contribution in [3.05, 3.63) is 47.9 Å². The van der Waals surface area contributed by atoms with Gasteiger partial charge in [-0.1, -0.05) is 12.1 Å². The Balaban J connectivity index is 1.65. The van der Waals surface area contributed by atoms with Crippen LogP contribution in [0.15, 0.2) is 36.5 Å². The molecule has 1 aromatic carbocycles. The average Bonchev–Trinajstić information content (AvgIpc) is 2.55. The Bertz CT molecular complexity index is 699. The summed E-state index contributed by atoms with van der Waals surface area (Å²) in [6.07, 6.45) is 3.49. The minimum absolute atomic E-state index is 0.259. The lowest BCUT2D eigenvalue weighted by Gasteiger charge is -2.39. The zero-order chi connectivity index (χ0) is 17.2. The van der Waals surface area contributed by atoms with Crippen LogP contribution in [0.5, 0.6) is 0 Å². The van der Waals surface area contributed by atoms with E-state index in [0.29, 0.717) is 25.2 Å². The number of nitrogens with zero attached hydrogens (tertiary/aromatic N) is 4. The van der Waals surface area contributed by atoms with Crippen LogP contribution in [0.3, 0.4) is 0 Å². The van der Waals surface area contributed by atoms with Gasteiger partial charge in [0.15, 0.2) is 0 Å². The van der Waals surface area contributed by atoms with E-state index in [1.54, 1.807) is 12.3 Å². The molecule has 1 fully saturated rings. The second-order valence-electron chi connectivity index (χ2n) is 6.63. The first-order valence-electron chi connectivity index (χ1n) is 8.17. The van der Waals surface area contributed by atoms with Gasteiger partial charge >= 0.3 is 0 Å². The number of aliphatic hydroxyl groups is 1. The van der Waals surface area contributed by atoms with E-state index in [-0.39, 0.29) is 5.82 Å². The predicted molar refractivity (Wildman–Crippen MR) is 92.9 cm³/mol. The van der Waals surface area contributed by atoms with Gasteiger partial charge in [0.25, 0.3) is 0 Å².